The van der Waals surface area contributed by atoms with Gasteiger partial charge in [0.2, 0.25) is 0 Å². The number of hydrogen-bond acceptors (Lipinski definition) is 0. The summed E-state index contributed by atoms with van der Waals surface area (Å²) in [4.78, 5) is 4.09. The highest BCUT2D eigenvalue weighted by Crippen LogP contribution is 2.45. The third-order valence-corrected chi connectivity index (χ3v) is 13.9. The smallest absolute Gasteiger partial charge is 0.197 e. The van der Waals surface area contributed by atoms with E-state index >= 15 is 8.78 Å². The Morgan fingerprint density at radius 1 is 0.309 bits per heavy atom. The number of fused-ring (bicyclic) bond motifs is 12. The van der Waals surface area contributed by atoms with E-state index in [9.17, 15) is 0 Å². The molecule has 0 fully saturated rings. The van der Waals surface area contributed by atoms with E-state index in [1.54, 1.807) is 0 Å². The van der Waals surface area contributed by atoms with Crippen LogP contribution < -0.4 is 0 Å². The average molecular weight is 876 g/mol. The van der Waals surface area contributed by atoms with Gasteiger partial charge in [0.05, 0.1) is 62.1 Å². The van der Waals surface area contributed by atoms with E-state index in [-0.39, 0.29) is 11.3 Å². The van der Waals surface area contributed by atoms with E-state index in [1.165, 1.54) is 33.7 Å². The fourth-order valence-electron chi connectivity index (χ4n) is 11.1. The molecule has 0 spiro atoms. The van der Waals surface area contributed by atoms with E-state index in [1.807, 2.05) is 24.3 Å². The molecule has 14 rings (SSSR count). The molecule has 4 heterocycles. The number of nitrogens with zero attached hydrogens (tertiary/aromatic N) is 5. The monoisotopic (exact) mass is 875 g/mol. The first-order valence-electron chi connectivity index (χ1n) is 22.6. The van der Waals surface area contributed by atoms with Crippen LogP contribution in [0.3, 0.4) is 0 Å². The molecule has 0 N–H and O–H groups in total. The molecule has 0 radical (unpaired) electrons. The van der Waals surface area contributed by atoms with Crippen molar-refractivity contribution in [1.29, 1.82) is 0 Å². The van der Waals surface area contributed by atoms with Gasteiger partial charge >= 0.3 is 0 Å². The summed E-state index contributed by atoms with van der Waals surface area (Å²) in [5.74, 6) is -1.43. The van der Waals surface area contributed by atoms with Gasteiger partial charge in [-0.05, 0) is 96.1 Å². The number of benzene rings is 10. The molecule has 14 aromatic rings. The van der Waals surface area contributed by atoms with Crippen molar-refractivity contribution in [2.75, 3.05) is 0 Å². The average Bonchev–Trinajstić information content (AvgIpc) is 4.10. The molecule has 68 heavy (non-hydrogen) atoms. The van der Waals surface area contributed by atoms with Gasteiger partial charge in [0.15, 0.2) is 5.69 Å². The van der Waals surface area contributed by atoms with Gasteiger partial charge in [-0.1, -0.05) is 121 Å². The zero-order valence-corrected chi connectivity index (χ0v) is 36.2. The molecule has 0 amide bonds. The Hall–Kier alpha value is -9.25. The van der Waals surface area contributed by atoms with Crippen LogP contribution in [0, 0.1) is 18.2 Å². The minimum Gasteiger partial charge on any atom is -0.309 e. The number of para-hydroxylation sites is 6. The third kappa shape index (κ3) is 5.40. The van der Waals surface area contributed by atoms with E-state index in [0.29, 0.717) is 5.56 Å². The zero-order chi connectivity index (χ0) is 45.2. The standard InChI is InChI=1S/C61H35F2N5/c1-64-51-36-61(68-57-25-13-7-19-47(57)49-29-27-41(34-59(49)68)66-54-22-10-4-16-44(54)45-17-5-11-23-55(45)66)60(35-50(51)37-30-38(62)32-39(63)31-37)67-56-24-12-6-18-46(56)48-28-26-40(33-58(48)67)65-52-20-8-2-14-42(52)43-15-3-9-21-53(43)65/h2-36H. The van der Waals surface area contributed by atoms with Crippen LogP contribution in [0.25, 0.3) is 126 Å². The van der Waals surface area contributed by atoms with Crippen molar-refractivity contribution in [3.05, 3.63) is 235 Å². The van der Waals surface area contributed by atoms with Gasteiger partial charge in [-0.3, -0.25) is 0 Å². The normalized spacial score (nSPS) is 12.0. The van der Waals surface area contributed by atoms with Crippen molar-refractivity contribution in [2.45, 2.75) is 0 Å². The summed E-state index contributed by atoms with van der Waals surface area (Å²) in [5.41, 5.74) is 12.6. The molecular formula is C61H35F2N5. The predicted molar refractivity (Wildman–Crippen MR) is 275 cm³/mol. The molecule has 0 unspecified atom stereocenters. The second kappa shape index (κ2) is 14.4. The molecule has 0 saturated carbocycles. The molecule has 10 aromatic carbocycles. The number of halogens is 2. The molecule has 0 aliphatic carbocycles. The fourth-order valence-corrected chi connectivity index (χ4v) is 11.1. The van der Waals surface area contributed by atoms with Gasteiger partial charge in [-0.15, -0.1) is 0 Å². The Morgan fingerprint density at radius 2 is 0.632 bits per heavy atom. The van der Waals surface area contributed by atoms with E-state index < -0.39 is 11.6 Å². The summed E-state index contributed by atoms with van der Waals surface area (Å²) in [7, 11) is 0. The van der Waals surface area contributed by atoms with Crippen LogP contribution in [0.15, 0.2) is 212 Å². The topological polar surface area (TPSA) is 24.1 Å². The van der Waals surface area contributed by atoms with Crippen LogP contribution in [-0.2, 0) is 0 Å². The van der Waals surface area contributed by atoms with Gasteiger partial charge in [-0.25, -0.2) is 13.6 Å². The fraction of sp³-hybridized carbons (Fsp3) is 0. The van der Waals surface area contributed by atoms with Crippen LogP contribution in [0.2, 0.25) is 0 Å². The largest absolute Gasteiger partial charge is 0.309 e. The van der Waals surface area contributed by atoms with Gasteiger partial charge in [0.25, 0.3) is 0 Å². The van der Waals surface area contributed by atoms with Crippen molar-refractivity contribution in [3.8, 4) is 33.9 Å². The zero-order valence-electron chi connectivity index (χ0n) is 36.2. The van der Waals surface area contributed by atoms with Crippen molar-refractivity contribution < 1.29 is 8.78 Å². The van der Waals surface area contributed by atoms with Gasteiger partial charge in [0.1, 0.15) is 11.6 Å². The summed E-state index contributed by atoms with van der Waals surface area (Å²) >= 11 is 0. The second-order valence-corrected chi connectivity index (χ2v) is 17.5. The molecule has 0 aliphatic rings. The summed E-state index contributed by atoms with van der Waals surface area (Å²) in [6.07, 6.45) is 0. The highest BCUT2D eigenvalue weighted by atomic mass is 19.1. The predicted octanol–water partition coefficient (Wildman–Crippen LogP) is 16.6. The summed E-state index contributed by atoms with van der Waals surface area (Å²) in [6, 6.07) is 71.3. The maximum absolute atomic E-state index is 15.2. The Kier molecular flexibility index (Phi) is 8.05. The highest BCUT2D eigenvalue weighted by molar-refractivity contribution is 6.15. The lowest BCUT2D eigenvalue weighted by Crippen LogP contribution is -2.05. The van der Waals surface area contributed by atoms with Crippen LogP contribution in [0.1, 0.15) is 0 Å². The Balaban J connectivity index is 1.12. The minimum atomic E-state index is -0.714. The van der Waals surface area contributed by atoms with E-state index in [4.69, 9.17) is 6.57 Å². The Bertz CT molecular complexity index is 4370. The second-order valence-electron chi connectivity index (χ2n) is 17.5. The quantitative estimate of drug-likeness (QED) is 0.154. The first-order chi connectivity index (χ1) is 33.5. The molecule has 0 aliphatic heterocycles. The Morgan fingerprint density at radius 3 is 1.00 bits per heavy atom. The lowest BCUT2D eigenvalue weighted by molar-refractivity contribution is 0.584. The van der Waals surface area contributed by atoms with Crippen molar-refractivity contribution in [2.24, 2.45) is 0 Å². The lowest BCUT2D eigenvalue weighted by Gasteiger charge is -2.20. The van der Waals surface area contributed by atoms with Crippen LogP contribution in [-0.4, -0.2) is 18.3 Å². The maximum atomic E-state index is 15.2. The van der Waals surface area contributed by atoms with Crippen molar-refractivity contribution in [3.63, 3.8) is 0 Å². The van der Waals surface area contributed by atoms with Gasteiger partial charge in [0, 0.05) is 60.5 Å². The van der Waals surface area contributed by atoms with Crippen molar-refractivity contribution in [1.82, 2.24) is 18.3 Å². The number of aromatic nitrogens is 4. The molecule has 7 heteroatoms. The third-order valence-electron chi connectivity index (χ3n) is 13.9. The molecule has 0 bridgehead atoms. The van der Waals surface area contributed by atoms with Crippen LogP contribution >= 0.6 is 0 Å². The van der Waals surface area contributed by atoms with Gasteiger partial charge < -0.3 is 18.3 Å². The van der Waals surface area contributed by atoms with E-state index in [0.717, 1.165) is 94.5 Å². The molecular weight excluding hydrogens is 841 g/mol. The van der Waals surface area contributed by atoms with Crippen LogP contribution in [0.5, 0.6) is 0 Å². The first kappa shape index (κ1) is 38.1. The minimum absolute atomic E-state index is 0.268. The van der Waals surface area contributed by atoms with E-state index in [2.05, 4.69) is 193 Å². The number of hydrogen-bond donors (Lipinski definition) is 0. The SMILES string of the molecule is [C-]#[N+]c1cc(-n2c3ccccc3c3ccc(-n4c5ccccc5c5ccccc54)cc32)c(-n2c3ccccc3c3ccc(-n4c5ccccc5c5ccccc54)cc32)cc1-c1cc(F)cc(F)c1. The Labute approximate surface area is 387 Å². The maximum Gasteiger partial charge on any atom is 0.197 e. The molecule has 5 nitrogen and oxygen atoms in total. The number of rotatable bonds is 5. The molecule has 318 valence electrons. The van der Waals surface area contributed by atoms with Crippen LogP contribution in [0.4, 0.5) is 14.5 Å². The molecule has 4 aromatic heterocycles. The first-order valence-corrected chi connectivity index (χ1v) is 22.6. The van der Waals surface area contributed by atoms with Crippen molar-refractivity contribution >= 4 is 92.9 Å². The lowest BCUT2D eigenvalue weighted by atomic mass is 10.0. The molecule has 0 saturated heterocycles. The molecule has 0 atom stereocenters. The summed E-state index contributed by atoms with van der Waals surface area (Å²) in [6.45, 7) is 8.63. The van der Waals surface area contributed by atoms with Gasteiger partial charge in [-0.2, -0.15) is 0 Å². The summed E-state index contributed by atoms with van der Waals surface area (Å²) in [5, 5.41) is 8.86. The highest BCUT2D eigenvalue weighted by Gasteiger charge is 2.24. The summed E-state index contributed by atoms with van der Waals surface area (Å²) < 4.78 is 39.6.